The molecule has 0 atom stereocenters. The van der Waals surface area contributed by atoms with Gasteiger partial charge >= 0.3 is 0 Å². The molecule has 0 bridgehead atoms. The predicted molar refractivity (Wildman–Crippen MR) is 82.9 cm³/mol. The Hall–Kier alpha value is -1.32. The summed E-state index contributed by atoms with van der Waals surface area (Å²) in [5, 5.41) is 0.773. The SMILES string of the molecule is COc1cc(C)ccc1-c1nc(Cl)c(C(C)C)c(Cl)n1. The zero-order chi connectivity index (χ0) is 14.9. The van der Waals surface area contributed by atoms with Crippen LogP contribution in [0.1, 0.15) is 30.9 Å². The first-order chi connectivity index (χ1) is 9.43. The quantitative estimate of drug-likeness (QED) is 0.757. The van der Waals surface area contributed by atoms with E-state index in [4.69, 9.17) is 27.9 Å². The third-order valence-electron chi connectivity index (χ3n) is 3.03. The Morgan fingerprint density at radius 3 is 2.20 bits per heavy atom. The highest BCUT2D eigenvalue weighted by molar-refractivity contribution is 6.34. The second-order valence-electron chi connectivity index (χ2n) is 4.90. The van der Waals surface area contributed by atoms with Crippen LogP contribution in [-0.2, 0) is 0 Å². The van der Waals surface area contributed by atoms with Crippen molar-refractivity contribution in [3.05, 3.63) is 39.6 Å². The van der Waals surface area contributed by atoms with Crippen LogP contribution in [0.15, 0.2) is 18.2 Å². The minimum atomic E-state index is 0.170. The molecular weight excluding hydrogens is 295 g/mol. The molecule has 1 heterocycles. The van der Waals surface area contributed by atoms with Crippen molar-refractivity contribution >= 4 is 23.2 Å². The van der Waals surface area contributed by atoms with Crippen molar-refractivity contribution in [1.82, 2.24) is 9.97 Å². The number of aryl methyl sites for hydroxylation is 1. The summed E-state index contributed by atoms with van der Waals surface area (Å²) in [6.07, 6.45) is 0. The fourth-order valence-corrected chi connectivity index (χ4v) is 2.82. The fraction of sp³-hybridized carbons (Fsp3) is 0.333. The molecule has 0 fully saturated rings. The Morgan fingerprint density at radius 2 is 1.70 bits per heavy atom. The van der Waals surface area contributed by atoms with E-state index in [1.165, 1.54) is 0 Å². The molecule has 2 rings (SSSR count). The number of ether oxygens (including phenoxy) is 1. The number of rotatable bonds is 3. The minimum absolute atomic E-state index is 0.170. The lowest BCUT2D eigenvalue weighted by molar-refractivity contribution is 0.416. The second kappa shape index (κ2) is 5.98. The second-order valence-corrected chi connectivity index (χ2v) is 5.62. The van der Waals surface area contributed by atoms with E-state index < -0.39 is 0 Å². The normalized spacial score (nSPS) is 10.9. The van der Waals surface area contributed by atoms with Crippen molar-refractivity contribution in [2.24, 2.45) is 0 Å². The van der Waals surface area contributed by atoms with Crippen LogP contribution < -0.4 is 4.74 Å². The highest BCUT2D eigenvalue weighted by Crippen LogP contribution is 2.34. The molecule has 0 aliphatic rings. The lowest BCUT2D eigenvalue weighted by Crippen LogP contribution is -2.00. The van der Waals surface area contributed by atoms with E-state index in [1.807, 2.05) is 39.0 Å². The zero-order valence-corrected chi connectivity index (χ0v) is 13.4. The number of hydrogen-bond donors (Lipinski definition) is 0. The monoisotopic (exact) mass is 310 g/mol. The number of nitrogens with zero attached hydrogens (tertiary/aromatic N) is 2. The van der Waals surface area contributed by atoms with Crippen LogP contribution in [0.5, 0.6) is 5.75 Å². The molecule has 1 aromatic carbocycles. The van der Waals surface area contributed by atoms with Gasteiger partial charge in [-0.3, -0.25) is 0 Å². The van der Waals surface area contributed by atoms with E-state index in [9.17, 15) is 0 Å². The number of hydrogen-bond acceptors (Lipinski definition) is 3. The maximum Gasteiger partial charge on any atom is 0.166 e. The molecule has 0 unspecified atom stereocenters. The number of halogens is 2. The first kappa shape index (κ1) is 15.1. The van der Waals surface area contributed by atoms with Crippen molar-refractivity contribution in [2.75, 3.05) is 7.11 Å². The summed E-state index contributed by atoms with van der Waals surface area (Å²) < 4.78 is 5.37. The van der Waals surface area contributed by atoms with Crippen LogP contribution in [0.2, 0.25) is 10.3 Å². The van der Waals surface area contributed by atoms with E-state index in [1.54, 1.807) is 7.11 Å². The van der Waals surface area contributed by atoms with E-state index >= 15 is 0 Å². The van der Waals surface area contributed by atoms with Gasteiger partial charge in [-0.25, -0.2) is 9.97 Å². The van der Waals surface area contributed by atoms with Crippen LogP contribution >= 0.6 is 23.2 Å². The summed E-state index contributed by atoms with van der Waals surface area (Å²) in [6.45, 7) is 6.00. The van der Waals surface area contributed by atoms with E-state index in [-0.39, 0.29) is 5.92 Å². The van der Waals surface area contributed by atoms with E-state index in [0.29, 0.717) is 21.9 Å². The summed E-state index contributed by atoms with van der Waals surface area (Å²) in [5.74, 6) is 1.35. The molecule has 20 heavy (non-hydrogen) atoms. The first-order valence-corrected chi connectivity index (χ1v) is 7.07. The molecule has 106 valence electrons. The summed E-state index contributed by atoms with van der Waals surface area (Å²) in [4.78, 5) is 8.71. The average Bonchev–Trinajstić information content (AvgIpc) is 2.37. The highest BCUT2D eigenvalue weighted by atomic mass is 35.5. The predicted octanol–water partition coefficient (Wildman–Crippen LogP) is 4.89. The van der Waals surface area contributed by atoms with Crippen LogP contribution in [0.3, 0.4) is 0 Å². The molecular formula is C15H16Cl2N2O. The summed E-state index contributed by atoms with van der Waals surface area (Å²) in [5.41, 5.74) is 2.64. The van der Waals surface area contributed by atoms with Gasteiger partial charge in [-0.15, -0.1) is 0 Å². The largest absolute Gasteiger partial charge is 0.496 e. The average molecular weight is 311 g/mol. The molecule has 0 aliphatic carbocycles. The van der Waals surface area contributed by atoms with Gasteiger partial charge in [0.15, 0.2) is 5.82 Å². The number of benzene rings is 1. The maximum atomic E-state index is 6.23. The Bertz CT molecular complexity index is 619. The lowest BCUT2D eigenvalue weighted by atomic mass is 10.1. The third-order valence-corrected chi connectivity index (χ3v) is 3.60. The lowest BCUT2D eigenvalue weighted by Gasteiger charge is -2.13. The third kappa shape index (κ3) is 2.89. The Labute approximate surface area is 128 Å². The summed E-state index contributed by atoms with van der Waals surface area (Å²) in [7, 11) is 1.62. The standard InChI is InChI=1S/C15H16Cl2N2O/c1-8(2)12-13(16)18-15(19-14(12)17)10-6-5-9(3)7-11(10)20-4/h5-8H,1-4H3. The molecule has 0 spiro atoms. The summed E-state index contributed by atoms with van der Waals surface area (Å²) >= 11 is 12.5. The highest BCUT2D eigenvalue weighted by Gasteiger charge is 2.17. The van der Waals surface area contributed by atoms with Gasteiger partial charge in [0.05, 0.1) is 12.7 Å². The molecule has 2 aromatic rings. The van der Waals surface area contributed by atoms with E-state index in [2.05, 4.69) is 9.97 Å². The van der Waals surface area contributed by atoms with Crippen molar-refractivity contribution in [2.45, 2.75) is 26.7 Å². The Balaban J connectivity index is 2.60. The zero-order valence-electron chi connectivity index (χ0n) is 11.9. The molecule has 3 nitrogen and oxygen atoms in total. The molecule has 0 radical (unpaired) electrons. The first-order valence-electron chi connectivity index (χ1n) is 6.32. The topological polar surface area (TPSA) is 35.0 Å². The molecule has 0 amide bonds. The molecule has 0 aliphatic heterocycles. The van der Waals surface area contributed by atoms with Crippen LogP contribution in [0, 0.1) is 6.92 Å². The Kier molecular flexibility index (Phi) is 4.51. The fourth-order valence-electron chi connectivity index (χ4n) is 2.00. The van der Waals surface area contributed by atoms with Gasteiger partial charge < -0.3 is 4.74 Å². The summed E-state index contributed by atoms with van der Waals surface area (Å²) in [6, 6.07) is 5.81. The molecule has 0 saturated carbocycles. The van der Waals surface area contributed by atoms with Crippen LogP contribution in [-0.4, -0.2) is 17.1 Å². The van der Waals surface area contributed by atoms with Gasteiger partial charge in [-0.05, 0) is 30.5 Å². The smallest absolute Gasteiger partial charge is 0.166 e. The van der Waals surface area contributed by atoms with Gasteiger partial charge in [0.25, 0.3) is 0 Å². The van der Waals surface area contributed by atoms with Gasteiger partial charge in [-0.2, -0.15) is 0 Å². The number of methoxy groups -OCH3 is 1. The molecule has 1 aromatic heterocycles. The van der Waals surface area contributed by atoms with Crippen molar-refractivity contribution in [3.8, 4) is 17.1 Å². The van der Waals surface area contributed by atoms with Crippen LogP contribution in [0.25, 0.3) is 11.4 Å². The molecule has 5 heteroatoms. The Morgan fingerprint density at radius 1 is 1.10 bits per heavy atom. The van der Waals surface area contributed by atoms with Crippen molar-refractivity contribution in [1.29, 1.82) is 0 Å². The van der Waals surface area contributed by atoms with E-state index in [0.717, 1.165) is 16.7 Å². The van der Waals surface area contributed by atoms with Gasteiger partial charge in [0.2, 0.25) is 0 Å². The van der Waals surface area contributed by atoms with Gasteiger partial charge in [0.1, 0.15) is 16.1 Å². The number of aromatic nitrogens is 2. The van der Waals surface area contributed by atoms with Crippen LogP contribution in [0.4, 0.5) is 0 Å². The maximum absolute atomic E-state index is 6.23. The van der Waals surface area contributed by atoms with Gasteiger partial charge in [0, 0.05) is 5.56 Å². The van der Waals surface area contributed by atoms with Crippen molar-refractivity contribution < 1.29 is 4.74 Å². The molecule has 0 N–H and O–H groups in total. The minimum Gasteiger partial charge on any atom is -0.496 e. The van der Waals surface area contributed by atoms with Crippen molar-refractivity contribution in [3.63, 3.8) is 0 Å². The molecule has 0 saturated heterocycles. The van der Waals surface area contributed by atoms with Gasteiger partial charge in [-0.1, -0.05) is 43.1 Å².